The predicted octanol–water partition coefficient (Wildman–Crippen LogP) is 10.8. The molecule has 0 aliphatic carbocycles. The van der Waals surface area contributed by atoms with Crippen molar-refractivity contribution in [1.29, 1.82) is 0 Å². The van der Waals surface area contributed by atoms with Gasteiger partial charge < -0.3 is 15.0 Å². The summed E-state index contributed by atoms with van der Waals surface area (Å²) in [5.74, 6) is -13.5. The van der Waals surface area contributed by atoms with Gasteiger partial charge in [0.05, 0.1) is 38.5 Å². The average Bonchev–Trinajstić information content (AvgIpc) is 3.94. The van der Waals surface area contributed by atoms with Crippen LogP contribution in [0.15, 0.2) is 60.7 Å². The number of hydrogen-bond donors (Lipinski definition) is 3. The second kappa shape index (κ2) is 11.7. The molecule has 1 aliphatic heterocycles. The van der Waals surface area contributed by atoms with Crippen LogP contribution in [0.2, 0.25) is 0 Å². The van der Waals surface area contributed by atoms with Crippen LogP contribution in [0.1, 0.15) is 11.4 Å². The third kappa shape index (κ3) is 5.05. The average molecular weight is 722 g/mol. The Kier molecular flexibility index (Phi) is 7.30. The highest BCUT2D eigenvalue weighted by molar-refractivity contribution is 7.18. The highest BCUT2D eigenvalue weighted by atomic mass is 32.1. The summed E-state index contributed by atoms with van der Waals surface area (Å²) in [5, 5.41) is 11.3. The van der Waals surface area contributed by atoms with Gasteiger partial charge in [-0.25, -0.2) is 40.1 Å². The first kappa shape index (κ1) is 31.9. The Labute approximate surface area is 282 Å². The minimum Gasteiger partial charge on any atom is -0.354 e. The molecule has 5 aromatic heterocycles. The summed E-state index contributed by atoms with van der Waals surface area (Å²) in [6, 6.07) is 11.1. The first-order valence-corrected chi connectivity index (χ1v) is 15.5. The highest BCUT2D eigenvalue weighted by Crippen LogP contribution is 2.42. The number of nitro groups is 1. The zero-order valence-electron chi connectivity index (χ0n) is 25.1. The van der Waals surface area contributed by atoms with Crippen LogP contribution in [0.3, 0.4) is 0 Å². The topological polar surface area (TPSA) is 103 Å². The number of fused-ring (bicyclic) bond motifs is 9. The summed E-state index contributed by atoms with van der Waals surface area (Å²) >= 11 is 0.726. The smallest absolute Gasteiger partial charge is 0.324 e. The van der Waals surface area contributed by atoms with E-state index in [4.69, 9.17) is 0 Å². The van der Waals surface area contributed by atoms with Crippen LogP contribution in [-0.2, 0) is 0 Å². The van der Waals surface area contributed by atoms with E-state index in [0.717, 1.165) is 11.3 Å². The van der Waals surface area contributed by atoms with Gasteiger partial charge in [-0.1, -0.05) is 11.3 Å². The molecule has 7 nitrogen and oxygen atoms in total. The third-order valence-electron chi connectivity index (χ3n) is 8.32. The number of H-pyrrole nitrogens is 3. The van der Waals surface area contributed by atoms with E-state index in [0.29, 0.717) is 0 Å². The minimum atomic E-state index is -1.71. The van der Waals surface area contributed by atoms with E-state index >= 15 is 17.6 Å². The molecule has 0 fully saturated rings. The van der Waals surface area contributed by atoms with Crippen LogP contribution in [0.5, 0.6) is 0 Å². The van der Waals surface area contributed by atoms with E-state index in [1.165, 1.54) is 60.7 Å². The molecule has 0 saturated heterocycles. The SMILES string of the molecule is O=[N+]([O-])c1ccc(-c2c3nc(c(-c4c(F)c(F)cc(F)c4F)c4ccc([nH]4)c4ccc([nH]4)c(-c4c(F)c(F)cc(F)c4F)c4ccc2[nH]4)C=C3)s1. The van der Waals surface area contributed by atoms with Crippen LogP contribution in [0, 0.1) is 56.7 Å². The van der Waals surface area contributed by atoms with Gasteiger partial charge in [0.2, 0.25) is 0 Å². The fourth-order valence-corrected chi connectivity index (χ4v) is 6.97. The van der Waals surface area contributed by atoms with Crippen LogP contribution >= 0.6 is 11.3 Å². The number of nitrogens with zero attached hydrogens (tertiary/aromatic N) is 2. The third-order valence-corrected chi connectivity index (χ3v) is 9.37. The number of thiophene rings is 1. The van der Waals surface area contributed by atoms with E-state index in [1.54, 1.807) is 0 Å². The minimum absolute atomic E-state index is 0.0397. The van der Waals surface area contributed by atoms with Crippen LogP contribution in [0.4, 0.5) is 40.1 Å². The van der Waals surface area contributed by atoms with Crippen molar-refractivity contribution in [2.75, 3.05) is 0 Å². The van der Waals surface area contributed by atoms with E-state index < -0.39 is 68.2 Å². The Morgan fingerprint density at radius 3 is 1.37 bits per heavy atom. The van der Waals surface area contributed by atoms with Gasteiger partial charge in [-0.2, -0.15) is 0 Å². The lowest BCUT2D eigenvalue weighted by Gasteiger charge is -2.09. The fourth-order valence-electron chi connectivity index (χ4n) is 6.08. The molecule has 0 spiro atoms. The first-order valence-electron chi connectivity index (χ1n) is 14.7. The molecule has 6 heterocycles. The quantitative estimate of drug-likeness (QED) is 0.0729. The standard InChI is InChI=1S/C35H15F8N5O2S/c36-13-11-14(37)33(41)30(32(13)40)28-21-3-1-17(44-21)18-2-4-22(45-18)29(31-34(42)15(38)12-16(39)35(31)43)24-8-6-20(47-24)27(19-5-7-23(28)46-19)25-9-10-26(51-25)48(49)50/h1-12,44-46H. The molecule has 8 rings (SSSR count). The number of rotatable bonds is 4. The molecule has 1 aliphatic rings. The molecule has 2 aromatic carbocycles. The lowest BCUT2D eigenvalue weighted by atomic mass is 10.0. The van der Waals surface area contributed by atoms with Gasteiger partial charge in [0.1, 0.15) is 0 Å². The molecule has 16 heteroatoms. The Hall–Kier alpha value is -6.29. The molecular formula is C35H15F8N5O2S. The van der Waals surface area contributed by atoms with Crippen molar-refractivity contribution in [2.45, 2.75) is 0 Å². The number of hydrogen-bond acceptors (Lipinski definition) is 4. The molecule has 254 valence electrons. The van der Waals surface area contributed by atoms with E-state index in [9.17, 15) is 27.7 Å². The number of aromatic amines is 3. The molecule has 0 saturated carbocycles. The maximum atomic E-state index is 15.4. The monoisotopic (exact) mass is 721 g/mol. The van der Waals surface area contributed by atoms with Gasteiger partial charge in [0, 0.05) is 61.8 Å². The van der Waals surface area contributed by atoms with Crippen molar-refractivity contribution in [3.05, 3.63) is 129 Å². The van der Waals surface area contributed by atoms with E-state index in [1.807, 2.05) is 0 Å². The number of nitrogens with one attached hydrogen (secondary N) is 3. The van der Waals surface area contributed by atoms with Gasteiger partial charge in [-0.3, -0.25) is 10.1 Å². The summed E-state index contributed by atoms with van der Waals surface area (Å²) in [7, 11) is 0. The molecule has 0 unspecified atom stereocenters. The van der Waals surface area contributed by atoms with Gasteiger partial charge in [0.15, 0.2) is 46.5 Å². The Bertz CT molecular complexity index is 2750. The zero-order valence-corrected chi connectivity index (χ0v) is 25.9. The van der Waals surface area contributed by atoms with Crippen molar-refractivity contribution in [1.82, 2.24) is 19.9 Å². The summed E-state index contributed by atoms with van der Waals surface area (Å²) < 4.78 is 120. The summed E-state index contributed by atoms with van der Waals surface area (Å²) in [6.07, 6.45) is 2.70. The van der Waals surface area contributed by atoms with Crippen LogP contribution in [0.25, 0.3) is 77.9 Å². The predicted molar refractivity (Wildman–Crippen MR) is 176 cm³/mol. The molecule has 0 radical (unpaired) electrons. The van der Waals surface area contributed by atoms with Gasteiger partial charge in [-0.05, 0) is 54.6 Å². The number of aromatic nitrogens is 4. The molecule has 8 bridgehead atoms. The normalized spacial score (nSPS) is 12.0. The summed E-state index contributed by atoms with van der Waals surface area (Å²) in [4.78, 5) is 24.6. The summed E-state index contributed by atoms with van der Waals surface area (Å²) in [6.45, 7) is 0. The highest BCUT2D eigenvalue weighted by Gasteiger charge is 2.27. The maximum absolute atomic E-state index is 15.4. The van der Waals surface area contributed by atoms with Crippen molar-refractivity contribution < 1.29 is 40.0 Å². The Morgan fingerprint density at radius 1 is 0.510 bits per heavy atom. The lowest BCUT2D eigenvalue weighted by molar-refractivity contribution is -0.380. The lowest BCUT2D eigenvalue weighted by Crippen LogP contribution is -2.00. The summed E-state index contributed by atoms with van der Waals surface area (Å²) in [5.41, 5.74) is -2.42. The van der Waals surface area contributed by atoms with Crippen molar-refractivity contribution in [3.8, 4) is 32.7 Å². The Morgan fingerprint density at radius 2 is 0.902 bits per heavy atom. The van der Waals surface area contributed by atoms with Gasteiger partial charge in [-0.15, -0.1) is 0 Å². The van der Waals surface area contributed by atoms with E-state index in [-0.39, 0.29) is 77.6 Å². The van der Waals surface area contributed by atoms with Crippen molar-refractivity contribution in [3.63, 3.8) is 0 Å². The second-order valence-electron chi connectivity index (χ2n) is 11.3. The van der Waals surface area contributed by atoms with Gasteiger partial charge >= 0.3 is 5.00 Å². The van der Waals surface area contributed by atoms with E-state index in [2.05, 4.69) is 19.9 Å². The Balaban J connectivity index is 1.60. The fraction of sp³-hybridized carbons (Fsp3) is 0. The molecule has 51 heavy (non-hydrogen) atoms. The van der Waals surface area contributed by atoms with Crippen LogP contribution in [-0.4, -0.2) is 24.9 Å². The zero-order chi connectivity index (χ0) is 35.9. The molecule has 3 N–H and O–H groups in total. The molecular weight excluding hydrogens is 706 g/mol. The molecule has 7 aromatic rings. The number of benzene rings is 2. The first-order chi connectivity index (χ1) is 24.4. The van der Waals surface area contributed by atoms with Gasteiger partial charge in [0.25, 0.3) is 0 Å². The second-order valence-corrected chi connectivity index (χ2v) is 12.3. The molecule has 0 amide bonds. The molecule has 0 atom stereocenters. The van der Waals surface area contributed by atoms with Crippen molar-refractivity contribution >= 4 is 61.6 Å². The maximum Gasteiger partial charge on any atom is 0.324 e. The van der Waals surface area contributed by atoms with Crippen LogP contribution < -0.4 is 0 Å². The largest absolute Gasteiger partial charge is 0.354 e. The number of halogens is 8. The van der Waals surface area contributed by atoms with Crippen molar-refractivity contribution in [2.24, 2.45) is 0 Å².